The van der Waals surface area contributed by atoms with Crippen molar-refractivity contribution in [1.82, 2.24) is 15.1 Å². The molecule has 3 heteroatoms. The van der Waals surface area contributed by atoms with Gasteiger partial charge in [-0.1, -0.05) is 24.3 Å². The summed E-state index contributed by atoms with van der Waals surface area (Å²) in [6.45, 7) is 5.52. The van der Waals surface area contributed by atoms with E-state index in [1.807, 2.05) is 29.1 Å². The Kier molecular flexibility index (Phi) is 4.11. The highest BCUT2D eigenvalue weighted by atomic mass is 15.3. The minimum absolute atomic E-state index is 0.851. The lowest BCUT2D eigenvalue weighted by atomic mass is 10.2. The Morgan fingerprint density at radius 1 is 1.29 bits per heavy atom. The fourth-order valence-electron chi connectivity index (χ4n) is 1.72. The highest BCUT2D eigenvalue weighted by Gasteiger charge is 2.02. The van der Waals surface area contributed by atoms with Crippen LogP contribution < -0.4 is 5.32 Å². The number of aromatic nitrogens is 2. The molecule has 2 aromatic rings. The lowest BCUT2D eigenvalue weighted by Crippen LogP contribution is -2.15. The van der Waals surface area contributed by atoms with E-state index < -0.39 is 0 Å². The van der Waals surface area contributed by atoms with E-state index in [1.165, 1.54) is 5.56 Å². The van der Waals surface area contributed by atoms with Crippen molar-refractivity contribution < 1.29 is 0 Å². The standard InChI is InChI=1S/C14H17N3/c1-2-3-9-15-12-13-7-4-5-8-14(13)17-11-6-10-16-17/h2,4-8,10-11,15H,1,3,9,12H2. The van der Waals surface area contributed by atoms with Gasteiger partial charge < -0.3 is 5.32 Å². The zero-order valence-electron chi connectivity index (χ0n) is 9.84. The van der Waals surface area contributed by atoms with E-state index in [0.717, 1.165) is 25.2 Å². The quantitative estimate of drug-likeness (QED) is 0.607. The van der Waals surface area contributed by atoms with Crippen molar-refractivity contribution in [2.45, 2.75) is 13.0 Å². The van der Waals surface area contributed by atoms with E-state index in [1.54, 1.807) is 6.20 Å². The predicted molar refractivity (Wildman–Crippen MR) is 70.1 cm³/mol. The largest absolute Gasteiger partial charge is 0.312 e. The summed E-state index contributed by atoms with van der Waals surface area (Å²) in [6, 6.07) is 10.2. The lowest BCUT2D eigenvalue weighted by Gasteiger charge is -2.10. The van der Waals surface area contributed by atoms with Crippen LogP contribution in [-0.4, -0.2) is 16.3 Å². The van der Waals surface area contributed by atoms with Crippen LogP contribution in [0.15, 0.2) is 55.4 Å². The Hall–Kier alpha value is -1.87. The molecule has 0 spiro atoms. The Morgan fingerprint density at radius 2 is 2.18 bits per heavy atom. The summed E-state index contributed by atoms with van der Waals surface area (Å²) >= 11 is 0. The zero-order valence-corrected chi connectivity index (χ0v) is 9.84. The highest BCUT2D eigenvalue weighted by Crippen LogP contribution is 2.12. The third-order valence-electron chi connectivity index (χ3n) is 2.58. The average molecular weight is 227 g/mol. The number of benzene rings is 1. The first kappa shape index (κ1) is 11.6. The second-order valence-corrected chi connectivity index (χ2v) is 3.83. The first-order valence-corrected chi connectivity index (χ1v) is 5.81. The van der Waals surface area contributed by atoms with Crippen LogP contribution in [0.5, 0.6) is 0 Å². The Bertz CT molecular complexity index is 460. The summed E-state index contributed by atoms with van der Waals surface area (Å²) in [7, 11) is 0. The van der Waals surface area contributed by atoms with Crippen molar-refractivity contribution in [2.75, 3.05) is 6.54 Å². The summed E-state index contributed by atoms with van der Waals surface area (Å²) < 4.78 is 1.89. The number of rotatable bonds is 6. The van der Waals surface area contributed by atoms with Gasteiger partial charge in [-0.05, 0) is 30.7 Å². The monoisotopic (exact) mass is 227 g/mol. The minimum Gasteiger partial charge on any atom is -0.312 e. The molecule has 0 unspecified atom stereocenters. The fraction of sp³-hybridized carbons (Fsp3) is 0.214. The second kappa shape index (κ2) is 6.01. The molecule has 0 aliphatic heterocycles. The van der Waals surface area contributed by atoms with Crippen molar-refractivity contribution in [1.29, 1.82) is 0 Å². The van der Waals surface area contributed by atoms with Gasteiger partial charge in [0.15, 0.2) is 0 Å². The number of nitrogens with zero attached hydrogens (tertiary/aromatic N) is 2. The van der Waals surface area contributed by atoms with Crippen molar-refractivity contribution in [3.8, 4) is 5.69 Å². The molecule has 0 aliphatic rings. The number of nitrogens with one attached hydrogen (secondary N) is 1. The van der Waals surface area contributed by atoms with Crippen LogP contribution in [0.4, 0.5) is 0 Å². The molecule has 0 saturated heterocycles. The maximum absolute atomic E-state index is 4.26. The fourth-order valence-corrected chi connectivity index (χ4v) is 1.72. The highest BCUT2D eigenvalue weighted by molar-refractivity contribution is 5.40. The predicted octanol–water partition coefficient (Wildman–Crippen LogP) is 2.54. The van der Waals surface area contributed by atoms with Crippen molar-refractivity contribution in [2.24, 2.45) is 0 Å². The molecule has 0 atom stereocenters. The molecule has 3 nitrogen and oxygen atoms in total. The van der Waals surface area contributed by atoms with E-state index in [0.29, 0.717) is 0 Å². The molecule has 1 aromatic carbocycles. The van der Waals surface area contributed by atoms with Crippen LogP contribution in [0.2, 0.25) is 0 Å². The summed E-state index contributed by atoms with van der Waals surface area (Å²) in [6.07, 6.45) is 6.67. The maximum atomic E-state index is 4.26. The molecule has 1 N–H and O–H groups in total. The molecule has 2 rings (SSSR count). The van der Waals surface area contributed by atoms with E-state index in [-0.39, 0.29) is 0 Å². The van der Waals surface area contributed by atoms with Crippen LogP contribution in [-0.2, 0) is 6.54 Å². The molecule has 0 aliphatic carbocycles. The molecular weight excluding hydrogens is 210 g/mol. The Morgan fingerprint density at radius 3 is 2.94 bits per heavy atom. The second-order valence-electron chi connectivity index (χ2n) is 3.83. The zero-order chi connectivity index (χ0) is 11.9. The van der Waals surface area contributed by atoms with Crippen LogP contribution in [0, 0.1) is 0 Å². The molecule has 88 valence electrons. The molecule has 0 saturated carbocycles. The van der Waals surface area contributed by atoms with Crippen LogP contribution in [0.3, 0.4) is 0 Å². The van der Waals surface area contributed by atoms with Gasteiger partial charge in [-0.25, -0.2) is 4.68 Å². The van der Waals surface area contributed by atoms with E-state index in [2.05, 4.69) is 35.2 Å². The SMILES string of the molecule is C=CCCNCc1ccccc1-n1cccn1. The molecule has 0 radical (unpaired) electrons. The summed E-state index contributed by atoms with van der Waals surface area (Å²) in [5.41, 5.74) is 2.38. The molecule has 17 heavy (non-hydrogen) atoms. The van der Waals surface area contributed by atoms with Crippen molar-refractivity contribution >= 4 is 0 Å². The van der Waals surface area contributed by atoms with Gasteiger partial charge in [0.2, 0.25) is 0 Å². The number of hydrogen-bond donors (Lipinski definition) is 1. The summed E-state index contributed by atoms with van der Waals surface area (Å²) in [5, 5.41) is 7.66. The topological polar surface area (TPSA) is 29.9 Å². The van der Waals surface area contributed by atoms with Crippen molar-refractivity contribution in [3.05, 3.63) is 60.9 Å². The lowest BCUT2D eigenvalue weighted by molar-refractivity contribution is 0.689. The van der Waals surface area contributed by atoms with Gasteiger partial charge in [0.1, 0.15) is 0 Å². The molecule has 1 aromatic heterocycles. The van der Waals surface area contributed by atoms with Crippen molar-refractivity contribution in [3.63, 3.8) is 0 Å². The third kappa shape index (κ3) is 3.04. The summed E-state index contributed by atoms with van der Waals surface area (Å²) in [5.74, 6) is 0. The number of hydrogen-bond acceptors (Lipinski definition) is 2. The van der Waals surface area contributed by atoms with Gasteiger partial charge in [0.25, 0.3) is 0 Å². The van der Waals surface area contributed by atoms with Gasteiger partial charge in [-0.3, -0.25) is 0 Å². The van der Waals surface area contributed by atoms with Gasteiger partial charge in [-0.15, -0.1) is 6.58 Å². The average Bonchev–Trinajstić information content (AvgIpc) is 2.89. The van der Waals surface area contributed by atoms with E-state index >= 15 is 0 Å². The minimum atomic E-state index is 0.851. The van der Waals surface area contributed by atoms with Crippen LogP contribution in [0.25, 0.3) is 5.69 Å². The van der Waals surface area contributed by atoms with Gasteiger partial charge in [0.05, 0.1) is 5.69 Å². The maximum Gasteiger partial charge on any atom is 0.0690 e. The molecule has 0 amide bonds. The molecule has 1 heterocycles. The van der Waals surface area contributed by atoms with Gasteiger partial charge in [0, 0.05) is 18.9 Å². The molecular formula is C14H17N3. The molecule has 0 bridgehead atoms. The van der Waals surface area contributed by atoms with E-state index in [9.17, 15) is 0 Å². The number of para-hydroxylation sites is 1. The van der Waals surface area contributed by atoms with Gasteiger partial charge in [-0.2, -0.15) is 5.10 Å². The Balaban J connectivity index is 2.09. The van der Waals surface area contributed by atoms with E-state index in [4.69, 9.17) is 0 Å². The molecule has 0 fully saturated rings. The van der Waals surface area contributed by atoms with Crippen LogP contribution >= 0.6 is 0 Å². The van der Waals surface area contributed by atoms with Gasteiger partial charge >= 0.3 is 0 Å². The third-order valence-corrected chi connectivity index (χ3v) is 2.58. The normalized spacial score (nSPS) is 10.4. The van der Waals surface area contributed by atoms with Crippen LogP contribution in [0.1, 0.15) is 12.0 Å². The Labute approximate surface area is 102 Å². The first-order valence-electron chi connectivity index (χ1n) is 5.81. The smallest absolute Gasteiger partial charge is 0.0690 e. The first-order chi connectivity index (χ1) is 8.42. The summed E-state index contributed by atoms with van der Waals surface area (Å²) in [4.78, 5) is 0.